The minimum atomic E-state index is 0.460. The van der Waals surface area contributed by atoms with E-state index in [2.05, 4.69) is 137 Å². The summed E-state index contributed by atoms with van der Waals surface area (Å²) < 4.78 is 15.2. The Balaban J connectivity index is 1.20. The van der Waals surface area contributed by atoms with E-state index in [0.29, 0.717) is 12.0 Å². The molecule has 0 unspecified atom stereocenters. The van der Waals surface area contributed by atoms with E-state index < -0.39 is 0 Å². The molecule has 0 saturated heterocycles. The third-order valence-electron chi connectivity index (χ3n) is 9.52. The van der Waals surface area contributed by atoms with Gasteiger partial charge >= 0.3 is 0 Å². The van der Waals surface area contributed by atoms with Gasteiger partial charge in [-0.1, -0.05) is 90.7 Å². The van der Waals surface area contributed by atoms with Crippen molar-refractivity contribution in [2.75, 3.05) is 0 Å². The molecule has 48 heavy (non-hydrogen) atoms. The molecular formula is C44H24N2O2. The first-order valence-electron chi connectivity index (χ1n) is 16.0. The van der Waals surface area contributed by atoms with E-state index in [0.717, 1.165) is 88.1 Å². The predicted molar refractivity (Wildman–Crippen MR) is 194 cm³/mol. The summed E-state index contributed by atoms with van der Waals surface area (Å²) in [6, 6.07) is 46.4. The standard InChI is InChI=1S/C44H24N2O2/c45-26-27-14-18-31(39(20-15-27)46-37-12-6-4-10-32(37)33-11-5-7-13-38(33)46)30-17-22-41-36(25-30)43-42(47-41)23-19-34-35-24-29(28-8-2-1-3-9-28)16-21-40(35)48-44(34)43/h1-13,16-19,21-25H,14H2. The second kappa shape index (κ2) is 10.1. The molecule has 6 aromatic carbocycles. The molecule has 0 spiro atoms. The van der Waals surface area contributed by atoms with E-state index in [9.17, 15) is 5.26 Å². The molecule has 0 amide bonds. The van der Waals surface area contributed by atoms with Gasteiger partial charge in [0.1, 0.15) is 34.1 Å². The maximum Gasteiger partial charge on any atom is 0.147 e. The van der Waals surface area contributed by atoms with Crippen molar-refractivity contribution >= 4 is 77.0 Å². The summed E-state index contributed by atoms with van der Waals surface area (Å²) in [5.41, 5.74) is 17.6. The molecule has 1 aliphatic rings. The van der Waals surface area contributed by atoms with Gasteiger partial charge in [-0.05, 0) is 71.0 Å². The van der Waals surface area contributed by atoms with E-state index >= 15 is 0 Å². The number of fused-ring (bicyclic) bond motifs is 10. The van der Waals surface area contributed by atoms with Crippen molar-refractivity contribution in [3.8, 4) is 17.2 Å². The van der Waals surface area contributed by atoms with Crippen LogP contribution in [0.5, 0.6) is 0 Å². The van der Waals surface area contributed by atoms with Crippen LogP contribution in [-0.4, -0.2) is 4.57 Å². The molecular weight excluding hydrogens is 588 g/mol. The smallest absolute Gasteiger partial charge is 0.147 e. The number of furan rings is 2. The van der Waals surface area contributed by atoms with Gasteiger partial charge in [-0.15, -0.1) is 0 Å². The monoisotopic (exact) mass is 612 g/mol. The molecule has 0 bridgehead atoms. The van der Waals surface area contributed by atoms with Crippen LogP contribution in [0.2, 0.25) is 0 Å². The van der Waals surface area contributed by atoms with Crippen molar-refractivity contribution in [2.45, 2.75) is 6.42 Å². The maximum atomic E-state index is 9.85. The first-order valence-corrected chi connectivity index (χ1v) is 16.0. The summed E-state index contributed by atoms with van der Waals surface area (Å²) in [4.78, 5) is 0. The summed E-state index contributed by atoms with van der Waals surface area (Å²) >= 11 is 0. The molecule has 0 fully saturated rings. The Kier molecular flexibility index (Phi) is 5.58. The van der Waals surface area contributed by atoms with Crippen molar-refractivity contribution in [3.05, 3.63) is 156 Å². The highest BCUT2D eigenvalue weighted by atomic mass is 16.3. The van der Waals surface area contributed by atoms with E-state index in [4.69, 9.17) is 8.83 Å². The topological polar surface area (TPSA) is 55.0 Å². The summed E-state index contributed by atoms with van der Waals surface area (Å²) in [6.07, 6.45) is 2.58. The van der Waals surface area contributed by atoms with Crippen molar-refractivity contribution in [2.24, 2.45) is 0 Å². The van der Waals surface area contributed by atoms with Crippen molar-refractivity contribution in [1.82, 2.24) is 4.57 Å². The summed E-state index contributed by atoms with van der Waals surface area (Å²) in [6.45, 7) is 0. The lowest BCUT2D eigenvalue weighted by molar-refractivity contribution is 0.663. The lowest BCUT2D eigenvalue weighted by Crippen LogP contribution is -1.99. The van der Waals surface area contributed by atoms with Crippen LogP contribution in [0.15, 0.2) is 159 Å². The number of nitrogens with zero attached hydrogens (tertiary/aromatic N) is 2. The zero-order chi connectivity index (χ0) is 31.8. The van der Waals surface area contributed by atoms with Gasteiger partial charge in [-0.25, -0.2) is 0 Å². The summed E-state index contributed by atoms with van der Waals surface area (Å²) in [5, 5.41) is 16.2. The zero-order valence-electron chi connectivity index (χ0n) is 25.6. The molecule has 222 valence electrons. The number of aromatic nitrogens is 1. The molecule has 10 rings (SSSR count). The van der Waals surface area contributed by atoms with Crippen molar-refractivity contribution in [3.63, 3.8) is 0 Å². The van der Waals surface area contributed by atoms with Crippen molar-refractivity contribution < 1.29 is 8.83 Å². The lowest BCUT2D eigenvalue weighted by Gasteiger charge is -2.14. The maximum absolute atomic E-state index is 9.85. The van der Waals surface area contributed by atoms with Crippen LogP contribution in [0.1, 0.15) is 12.0 Å². The highest BCUT2D eigenvalue weighted by Gasteiger charge is 2.21. The number of nitriles is 1. The minimum Gasteiger partial charge on any atom is -0.456 e. The average molecular weight is 613 g/mol. The first kappa shape index (κ1) is 26.5. The predicted octanol–water partition coefficient (Wildman–Crippen LogP) is 11.8. The van der Waals surface area contributed by atoms with Gasteiger partial charge in [0.25, 0.3) is 0 Å². The Morgan fingerprint density at radius 1 is 0.562 bits per heavy atom. The molecule has 0 saturated carbocycles. The Hall–Kier alpha value is -6.75. The molecule has 0 aliphatic heterocycles. The van der Waals surface area contributed by atoms with Gasteiger partial charge in [0.15, 0.2) is 0 Å². The lowest BCUT2D eigenvalue weighted by atomic mass is 9.98. The highest BCUT2D eigenvalue weighted by molar-refractivity contribution is 6.23. The summed E-state index contributed by atoms with van der Waals surface area (Å²) in [7, 11) is 0. The van der Waals surface area contributed by atoms with Gasteiger partial charge in [0, 0.05) is 38.9 Å². The van der Waals surface area contributed by atoms with Crippen LogP contribution in [0, 0.1) is 11.3 Å². The zero-order valence-corrected chi connectivity index (χ0v) is 25.6. The Labute approximate surface area is 274 Å². The van der Waals surface area contributed by atoms with E-state index in [1.807, 2.05) is 18.2 Å². The molecule has 4 nitrogen and oxygen atoms in total. The number of hydrogen-bond acceptors (Lipinski definition) is 3. The molecule has 1 aliphatic carbocycles. The van der Waals surface area contributed by atoms with E-state index in [-0.39, 0.29) is 0 Å². The molecule has 0 atom stereocenters. The van der Waals surface area contributed by atoms with Crippen molar-refractivity contribution in [1.29, 1.82) is 5.26 Å². The van der Waals surface area contributed by atoms with E-state index in [1.54, 1.807) is 0 Å². The number of allylic oxidation sites excluding steroid dienone is 4. The largest absolute Gasteiger partial charge is 0.456 e. The molecule has 4 heteroatoms. The normalized spacial score (nSPS) is 13.4. The number of benzene rings is 6. The van der Waals surface area contributed by atoms with Crippen LogP contribution in [-0.2, 0) is 0 Å². The highest BCUT2D eigenvalue weighted by Crippen LogP contribution is 2.43. The molecule has 3 aromatic heterocycles. The first-order chi connectivity index (χ1) is 23.7. The van der Waals surface area contributed by atoms with E-state index in [1.165, 1.54) is 5.56 Å². The van der Waals surface area contributed by atoms with Crippen LogP contribution in [0.3, 0.4) is 0 Å². The second-order valence-electron chi connectivity index (χ2n) is 12.2. The quantitative estimate of drug-likeness (QED) is 0.187. The number of para-hydroxylation sites is 2. The third kappa shape index (κ3) is 3.84. The number of rotatable bonds is 3. The van der Waals surface area contributed by atoms with Gasteiger partial charge < -0.3 is 13.4 Å². The Bertz CT molecular complexity index is 2950. The van der Waals surface area contributed by atoms with Crippen LogP contribution in [0.25, 0.3) is 88.1 Å². The molecule has 9 aromatic rings. The van der Waals surface area contributed by atoms with Gasteiger partial charge in [-0.3, -0.25) is 0 Å². The van der Waals surface area contributed by atoms with Crippen LogP contribution in [0.4, 0.5) is 0 Å². The van der Waals surface area contributed by atoms with Gasteiger partial charge in [0.2, 0.25) is 0 Å². The number of hydrogen-bond donors (Lipinski definition) is 0. The van der Waals surface area contributed by atoms with Crippen LogP contribution >= 0.6 is 0 Å². The molecule has 0 N–H and O–H groups in total. The Morgan fingerprint density at radius 2 is 1.23 bits per heavy atom. The molecule has 3 heterocycles. The fourth-order valence-corrected chi connectivity index (χ4v) is 7.29. The summed E-state index contributed by atoms with van der Waals surface area (Å²) in [5.74, 6) is 0. The third-order valence-corrected chi connectivity index (χ3v) is 9.52. The fraction of sp³-hybridized carbons (Fsp3) is 0.0227. The SMILES string of the molecule is N#CC1=C=C=C(n2c3ccccc3c3ccccc32)C(c2ccc3oc4ccc5c6cc(-c7ccccc7)ccc6oc5c4c3c2)=CC1. The molecule has 0 radical (unpaired) electrons. The second-order valence-corrected chi connectivity index (χ2v) is 12.2. The average Bonchev–Trinajstić information content (AvgIpc) is 3.75. The Morgan fingerprint density at radius 3 is 2.00 bits per heavy atom. The van der Waals surface area contributed by atoms with Crippen LogP contribution < -0.4 is 0 Å². The van der Waals surface area contributed by atoms with Gasteiger partial charge in [0.05, 0.1) is 22.0 Å². The van der Waals surface area contributed by atoms with Gasteiger partial charge in [-0.2, -0.15) is 5.26 Å². The fourth-order valence-electron chi connectivity index (χ4n) is 7.29. The minimum absolute atomic E-state index is 0.460.